The van der Waals surface area contributed by atoms with Gasteiger partial charge < -0.3 is 20.1 Å². The van der Waals surface area contributed by atoms with E-state index in [1.807, 2.05) is 32.9 Å². The predicted molar refractivity (Wildman–Crippen MR) is 113 cm³/mol. The summed E-state index contributed by atoms with van der Waals surface area (Å²) in [4.78, 5) is 21.6. The van der Waals surface area contributed by atoms with Crippen molar-refractivity contribution < 1.29 is 14.3 Å². The number of nitrogens with one attached hydrogen (secondary N) is 2. The van der Waals surface area contributed by atoms with Gasteiger partial charge in [-0.05, 0) is 50.6 Å². The number of anilines is 3. The van der Waals surface area contributed by atoms with Gasteiger partial charge in [0.15, 0.2) is 0 Å². The average Bonchev–Trinajstić information content (AvgIpc) is 2.69. The summed E-state index contributed by atoms with van der Waals surface area (Å²) < 4.78 is 10.5. The van der Waals surface area contributed by atoms with Gasteiger partial charge in [-0.1, -0.05) is 17.7 Å². The highest BCUT2D eigenvalue weighted by Gasteiger charge is 2.15. The van der Waals surface area contributed by atoms with Crippen LogP contribution in [0, 0.1) is 20.8 Å². The fraction of sp³-hybridized carbons (Fsp3) is 0.227. The smallest absolute Gasteiger partial charge is 0.274 e. The molecule has 0 bridgehead atoms. The minimum Gasteiger partial charge on any atom is -0.497 e. The second kappa shape index (κ2) is 8.60. The van der Waals surface area contributed by atoms with E-state index in [1.54, 1.807) is 31.4 Å². The maximum Gasteiger partial charge on any atom is 0.274 e. The minimum absolute atomic E-state index is 0.245. The summed E-state index contributed by atoms with van der Waals surface area (Å²) in [5, 5.41) is 6.02. The lowest BCUT2D eigenvalue weighted by Gasteiger charge is -2.13. The number of nitrogens with zero attached hydrogens (tertiary/aromatic N) is 2. The molecule has 0 unspecified atom stereocenters. The SMILES string of the molecule is COc1ccc(OC)c(NC(=O)c2cc(C)nc(Nc3ccc(C)cc3C)n2)c1. The van der Waals surface area contributed by atoms with Crippen molar-refractivity contribution in [1.29, 1.82) is 0 Å². The summed E-state index contributed by atoms with van der Waals surface area (Å²) in [6.07, 6.45) is 0. The molecule has 7 heteroatoms. The number of methoxy groups -OCH3 is 2. The predicted octanol–water partition coefficient (Wildman–Crippen LogP) is 4.41. The molecular weight excluding hydrogens is 368 g/mol. The van der Waals surface area contributed by atoms with Crippen LogP contribution < -0.4 is 20.1 Å². The van der Waals surface area contributed by atoms with Crippen LogP contribution in [0.5, 0.6) is 11.5 Å². The third kappa shape index (κ3) is 4.82. The molecule has 2 N–H and O–H groups in total. The van der Waals surface area contributed by atoms with Crippen molar-refractivity contribution in [3.8, 4) is 11.5 Å². The minimum atomic E-state index is -0.370. The van der Waals surface area contributed by atoms with Crippen molar-refractivity contribution in [3.05, 3.63) is 65.0 Å². The lowest BCUT2D eigenvalue weighted by molar-refractivity contribution is 0.102. The number of rotatable bonds is 6. The number of carbonyl (C=O) groups excluding carboxylic acids is 1. The van der Waals surface area contributed by atoms with Gasteiger partial charge in [-0.3, -0.25) is 4.79 Å². The normalized spacial score (nSPS) is 10.4. The molecule has 0 aliphatic heterocycles. The number of aromatic nitrogens is 2. The third-order valence-corrected chi connectivity index (χ3v) is 4.37. The molecule has 7 nitrogen and oxygen atoms in total. The van der Waals surface area contributed by atoms with Gasteiger partial charge in [-0.25, -0.2) is 9.97 Å². The Kier molecular flexibility index (Phi) is 5.97. The lowest BCUT2D eigenvalue weighted by Crippen LogP contribution is -2.16. The van der Waals surface area contributed by atoms with E-state index in [0.29, 0.717) is 28.8 Å². The van der Waals surface area contributed by atoms with Gasteiger partial charge >= 0.3 is 0 Å². The molecule has 3 aromatic rings. The van der Waals surface area contributed by atoms with Crippen LogP contribution in [0.3, 0.4) is 0 Å². The van der Waals surface area contributed by atoms with Crippen LogP contribution >= 0.6 is 0 Å². The van der Waals surface area contributed by atoms with E-state index >= 15 is 0 Å². The molecule has 1 heterocycles. The summed E-state index contributed by atoms with van der Waals surface area (Å²) in [5.74, 6) is 1.13. The first-order valence-corrected chi connectivity index (χ1v) is 9.13. The summed E-state index contributed by atoms with van der Waals surface area (Å²) in [6, 6.07) is 12.9. The van der Waals surface area contributed by atoms with Gasteiger partial charge in [-0.15, -0.1) is 0 Å². The largest absolute Gasteiger partial charge is 0.497 e. The molecule has 0 atom stereocenters. The highest BCUT2D eigenvalue weighted by molar-refractivity contribution is 6.04. The molecule has 29 heavy (non-hydrogen) atoms. The van der Waals surface area contributed by atoms with Crippen molar-refractivity contribution in [2.45, 2.75) is 20.8 Å². The van der Waals surface area contributed by atoms with Gasteiger partial charge in [0.2, 0.25) is 5.95 Å². The van der Waals surface area contributed by atoms with Crippen molar-refractivity contribution in [1.82, 2.24) is 9.97 Å². The molecule has 2 aromatic carbocycles. The van der Waals surface area contributed by atoms with Gasteiger partial charge in [0.1, 0.15) is 17.2 Å². The van der Waals surface area contributed by atoms with E-state index in [9.17, 15) is 4.79 Å². The molecule has 0 aliphatic carbocycles. The standard InChI is InChI=1S/C22H24N4O3/c1-13-6-8-17(14(2)10-13)25-22-23-15(3)11-19(26-22)21(27)24-18-12-16(28-4)7-9-20(18)29-5/h6-12H,1-5H3,(H,24,27)(H,23,25,26). The highest BCUT2D eigenvalue weighted by atomic mass is 16.5. The first kappa shape index (κ1) is 20.1. The van der Waals surface area contributed by atoms with Gasteiger partial charge in [0, 0.05) is 17.4 Å². The van der Waals surface area contributed by atoms with E-state index < -0.39 is 0 Å². The Balaban J connectivity index is 1.86. The van der Waals surface area contributed by atoms with Crippen molar-refractivity contribution >= 4 is 23.2 Å². The third-order valence-electron chi connectivity index (χ3n) is 4.37. The highest BCUT2D eigenvalue weighted by Crippen LogP contribution is 2.29. The number of carbonyl (C=O) groups is 1. The average molecular weight is 392 g/mol. The van der Waals surface area contributed by atoms with Crippen LogP contribution in [0.4, 0.5) is 17.3 Å². The van der Waals surface area contributed by atoms with Gasteiger partial charge in [-0.2, -0.15) is 0 Å². The van der Waals surface area contributed by atoms with Crippen LogP contribution in [-0.4, -0.2) is 30.1 Å². The Hall–Kier alpha value is -3.61. The van der Waals surface area contributed by atoms with E-state index in [0.717, 1.165) is 11.3 Å². The zero-order valence-electron chi connectivity index (χ0n) is 17.2. The summed E-state index contributed by atoms with van der Waals surface area (Å²) in [7, 11) is 3.10. The second-order valence-electron chi connectivity index (χ2n) is 6.68. The van der Waals surface area contributed by atoms with Crippen LogP contribution in [0.15, 0.2) is 42.5 Å². The molecule has 0 fully saturated rings. The number of aryl methyl sites for hydroxylation is 3. The number of hydrogen-bond donors (Lipinski definition) is 2. The molecule has 0 aliphatic rings. The van der Waals surface area contributed by atoms with Crippen LogP contribution in [-0.2, 0) is 0 Å². The van der Waals surface area contributed by atoms with Gasteiger partial charge in [0.25, 0.3) is 5.91 Å². The molecule has 0 saturated carbocycles. The van der Waals surface area contributed by atoms with Crippen molar-refractivity contribution in [2.75, 3.05) is 24.9 Å². The van der Waals surface area contributed by atoms with E-state index in [4.69, 9.17) is 9.47 Å². The first-order chi connectivity index (χ1) is 13.9. The van der Waals surface area contributed by atoms with Crippen molar-refractivity contribution in [2.24, 2.45) is 0 Å². The fourth-order valence-corrected chi connectivity index (χ4v) is 2.91. The molecule has 0 radical (unpaired) electrons. The summed E-state index contributed by atoms with van der Waals surface area (Å²) in [6.45, 7) is 5.86. The Morgan fingerprint density at radius 1 is 0.897 bits per heavy atom. The van der Waals surface area contributed by atoms with Crippen molar-refractivity contribution in [3.63, 3.8) is 0 Å². The van der Waals surface area contributed by atoms with Crippen LogP contribution in [0.1, 0.15) is 27.3 Å². The number of benzene rings is 2. The lowest BCUT2D eigenvalue weighted by atomic mass is 10.1. The molecule has 0 spiro atoms. The van der Waals surface area contributed by atoms with Crippen LogP contribution in [0.2, 0.25) is 0 Å². The van der Waals surface area contributed by atoms with E-state index in [1.165, 1.54) is 12.7 Å². The molecule has 1 aromatic heterocycles. The zero-order chi connectivity index (χ0) is 21.0. The monoisotopic (exact) mass is 392 g/mol. The molecule has 3 rings (SSSR count). The zero-order valence-corrected chi connectivity index (χ0v) is 17.2. The van der Waals surface area contributed by atoms with E-state index in [2.05, 4.69) is 26.7 Å². The Bertz CT molecular complexity index is 1050. The Morgan fingerprint density at radius 3 is 2.38 bits per heavy atom. The number of hydrogen-bond acceptors (Lipinski definition) is 6. The Labute approximate surface area is 170 Å². The topological polar surface area (TPSA) is 85.4 Å². The number of amides is 1. The maximum absolute atomic E-state index is 12.8. The summed E-state index contributed by atoms with van der Waals surface area (Å²) >= 11 is 0. The summed E-state index contributed by atoms with van der Waals surface area (Å²) in [5.41, 5.74) is 4.55. The van der Waals surface area contributed by atoms with Crippen LogP contribution in [0.25, 0.3) is 0 Å². The quantitative estimate of drug-likeness (QED) is 0.646. The molecular formula is C22H24N4O3. The second-order valence-corrected chi connectivity index (χ2v) is 6.68. The Morgan fingerprint density at radius 2 is 1.69 bits per heavy atom. The number of ether oxygens (including phenoxy) is 2. The molecule has 150 valence electrons. The molecule has 1 amide bonds. The van der Waals surface area contributed by atoms with E-state index in [-0.39, 0.29) is 11.6 Å². The fourth-order valence-electron chi connectivity index (χ4n) is 2.91. The van der Waals surface area contributed by atoms with Gasteiger partial charge in [0.05, 0.1) is 19.9 Å². The first-order valence-electron chi connectivity index (χ1n) is 9.13. The molecule has 0 saturated heterocycles. The maximum atomic E-state index is 12.8.